The van der Waals surface area contributed by atoms with E-state index < -0.39 is 0 Å². The third kappa shape index (κ3) is 3.04. The Bertz CT molecular complexity index is 559. The van der Waals surface area contributed by atoms with Crippen LogP contribution in [0.2, 0.25) is 5.02 Å². The van der Waals surface area contributed by atoms with Gasteiger partial charge < -0.3 is 5.73 Å². The van der Waals surface area contributed by atoms with Gasteiger partial charge in [-0.3, -0.25) is 4.90 Å². The molecule has 108 valence electrons. The second kappa shape index (κ2) is 6.68. The Hall–Kier alpha value is -0.940. The third-order valence-electron chi connectivity index (χ3n) is 3.62. The number of nitrogens with zero attached hydrogens (tertiary/aromatic N) is 1. The normalized spacial score (nSPS) is 14.5. The van der Waals surface area contributed by atoms with E-state index in [1.807, 2.05) is 18.5 Å². The smallest absolute Gasteiger partial charge is 0.146 e. The van der Waals surface area contributed by atoms with Gasteiger partial charge in [-0.15, -0.1) is 11.3 Å². The van der Waals surface area contributed by atoms with Crippen LogP contribution in [0.3, 0.4) is 0 Å². The van der Waals surface area contributed by atoms with Gasteiger partial charge >= 0.3 is 0 Å². The molecule has 2 aromatic rings. The maximum Gasteiger partial charge on any atom is 0.146 e. The summed E-state index contributed by atoms with van der Waals surface area (Å²) in [5.41, 5.74) is 6.41. The molecule has 2 rings (SSSR count). The predicted octanol–water partition coefficient (Wildman–Crippen LogP) is 4.23. The fourth-order valence-corrected chi connectivity index (χ4v) is 3.31. The molecule has 0 radical (unpaired) electrons. The second-order valence-corrected chi connectivity index (χ2v) is 6.14. The van der Waals surface area contributed by atoms with Crippen molar-refractivity contribution in [2.24, 2.45) is 5.73 Å². The molecular weight excluding hydrogens is 295 g/mol. The molecule has 0 amide bonds. The van der Waals surface area contributed by atoms with Crippen LogP contribution in [0.25, 0.3) is 0 Å². The van der Waals surface area contributed by atoms with E-state index in [4.69, 9.17) is 17.3 Å². The lowest BCUT2D eigenvalue weighted by atomic mass is 10.0. The average Bonchev–Trinajstić information content (AvgIpc) is 2.97. The molecule has 2 atom stereocenters. The van der Waals surface area contributed by atoms with Crippen LogP contribution in [-0.4, -0.2) is 18.5 Å². The minimum absolute atomic E-state index is 0.137. The van der Waals surface area contributed by atoms with E-state index in [2.05, 4.69) is 17.9 Å². The molecule has 1 heterocycles. The van der Waals surface area contributed by atoms with Crippen molar-refractivity contribution in [3.8, 4) is 0 Å². The lowest BCUT2D eigenvalue weighted by Crippen LogP contribution is -2.33. The van der Waals surface area contributed by atoms with Crippen molar-refractivity contribution >= 4 is 22.9 Å². The maximum absolute atomic E-state index is 14.2. The van der Waals surface area contributed by atoms with Gasteiger partial charge in [0.05, 0.1) is 11.1 Å². The fraction of sp³-hybridized carbons (Fsp3) is 0.333. The summed E-state index contributed by atoms with van der Waals surface area (Å²) in [5, 5.41) is 2.18. The SMILES string of the molecule is CC(c1cccs1)N(C)C(CN)c1cccc(Cl)c1F. The van der Waals surface area contributed by atoms with Crippen LogP contribution < -0.4 is 5.73 Å². The van der Waals surface area contributed by atoms with Crippen LogP contribution in [-0.2, 0) is 0 Å². The first-order valence-corrected chi connectivity index (χ1v) is 7.71. The third-order valence-corrected chi connectivity index (χ3v) is 4.96. The van der Waals surface area contributed by atoms with Crippen LogP contribution in [0.5, 0.6) is 0 Å². The number of halogens is 2. The first-order valence-electron chi connectivity index (χ1n) is 6.45. The minimum Gasteiger partial charge on any atom is -0.329 e. The van der Waals surface area contributed by atoms with Gasteiger partial charge in [0, 0.05) is 23.0 Å². The van der Waals surface area contributed by atoms with E-state index in [0.29, 0.717) is 12.1 Å². The van der Waals surface area contributed by atoms with Gasteiger partial charge in [-0.2, -0.15) is 0 Å². The Kier molecular flexibility index (Phi) is 5.16. The summed E-state index contributed by atoms with van der Waals surface area (Å²) in [7, 11) is 1.96. The van der Waals surface area contributed by atoms with E-state index in [0.717, 1.165) is 0 Å². The van der Waals surface area contributed by atoms with Gasteiger partial charge in [0.2, 0.25) is 0 Å². The lowest BCUT2D eigenvalue weighted by molar-refractivity contribution is 0.189. The molecule has 0 aliphatic rings. The molecule has 0 saturated carbocycles. The van der Waals surface area contributed by atoms with Crippen LogP contribution in [0, 0.1) is 5.82 Å². The van der Waals surface area contributed by atoms with E-state index in [9.17, 15) is 4.39 Å². The summed E-state index contributed by atoms with van der Waals surface area (Å²) in [5.74, 6) is -0.380. The molecule has 0 fully saturated rings. The highest BCUT2D eigenvalue weighted by Gasteiger charge is 2.25. The Morgan fingerprint density at radius 1 is 1.35 bits per heavy atom. The highest BCUT2D eigenvalue weighted by molar-refractivity contribution is 7.10. The van der Waals surface area contributed by atoms with Gasteiger partial charge in [-0.25, -0.2) is 4.39 Å². The maximum atomic E-state index is 14.2. The van der Waals surface area contributed by atoms with Crippen molar-refractivity contribution in [1.29, 1.82) is 0 Å². The molecule has 2 unspecified atom stereocenters. The number of likely N-dealkylation sites (N-methyl/N-ethyl adjacent to an activating group) is 1. The molecule has 5 heteroatoms. The number of nitrogens with two attached hydrogens (primary N) is 1. The zero-order valence-corrected chi connectivity index (χ0v) is 13.1. The van der Waals surface area contributed by atoms with Crippen molar-refractivity contribution < 1.29 is 4.39 Å². The fourth-order valence-electron chi connectivity index (χ4n) is 2.29. The molecule has 1 aromatic heterocycles. The summed E-state index contributed by atoms with van der Waals surface area (Å²) in [6, 6.07) is 9.11. The Balaban J connectivity index is 2.30. The van der Waals surface area contributed by atoms with Gasteiger partial charge in [0.15, 0.2) is 0 Å². The monoisotopic (exact) mass is 312 g/mol. The van der Waals surface area contributed by atoms with E-state index in [1.54, 1.807) is 29.5 Å². The lowest BCUT2D eigenvalue weighted by Gasteiger charge is -2.32. The number of hydrogen-bond acceptors (Lipinski definition) is 3. The highest BCUT2D eigenvalue weighted by Crippen LogP contribution is 2.33. The summed E-state index contributed by atoms with van der Waals surface area (Å²) in [6.07, 6.45) is 0. The molecule has 0 saturated heterocycles. The topological polar surface area (TPSA) is 29.3 Å². The quantitative estimate of drug-likeness (QED) is 0.895. The van der Waals surface area contributed by atoms with Crippen LogP contribution >= 0.6 is 22.9 Å². The standard InChI is InChI=1S/C15H18ClFN2S/c1-10(14-7-4-8-20-14)19(2)13(9-18)11-5-3-6-12(16)15(11)17/h3-8,10,13H,9,18H2,1-2H3. The summed E-state index contributed by atoms with van der Waals surface area (Å²) < 4.78 is 14.2. The number of rotatable bonds is 5. The molecule has 2 N–H and O–H groups in total. The molecule has 0 bridgehead atoms. The van der Waals surface area contributed by atoms with E-state index in [1.165, 1.54) is 4.88 Å². The van der Waals surface area contributed by atoms with Crippen molar-refractivity contribution in [2.75, 3.05) is 13.6 Å². The average molecular weight is 313 g/mol. The highest BCUT2D eigenvalue weighted by atomic mass is 35.5. The number of hydrogen-bond donors (Lipinski definition) is 1. The molecule has 0 aliphatic carbocycles. The van der Waals surface area contributed by atoms with Crippen molar-refractivity contribution in [3.63, 3.8) is 0 Å². The molecule has 20 heavy (non-hydrogen) atoms. The summed E-state index contributed by atoms with van der Waals surface area (Å²) in [6.45, 7) is 2.43. The molecule has 1 aromatic carbocycles. The Morgan fingerprint density at radius 3 is 2.70 bits per heavy atom. The second-order valence-electron chi connectivity index (χ2n) is 4.75. The van der Waals surface area contributed by atoms with Gasteiger partial charge in [-0.1, -0.05) is 29.8 Å². The first-order chi connectivity index (χ1) is 9.56. The van der Waals surface area contributed by atoms with Gasteiger partial charge in [0.1, 0.15) is 5.82 Å². The van der Waals surface area contributed by atoms with E-state index in [-0.39, 0.29) is 22.9 Å². The largest absolute Gasteiger partial charge is 0.329 e. The van der Waals surface area contributed by atoms with Crippen LogP contribution in [0.1, 0.15) is 29.4 Å². The Morgan fingerprint density at radius 2 is 2.10 bits per heavy atom. The Labute approximate surface area is 128 Å². The number of thiophene rings is 1. The zero-order chi connectivity index (χ0) is 14.7. The molecule has 2 nitrogen and oxygen atoms in total. The van der Waals surface area contributed by atoms with Gasteiger partial charge in [0.25, 0.3) is 0 Å². The van der Waals surface area contributed by atoms with Crippen molar-refractivity contribution in [1.82, 2.24) is 4.90 Å². The molecular formula is C15H18ClFN2S. The van der Waals surface area contributed by atoms with E-state index >= 15 is 0 Å². The number of benzene rings is 1. The predicted molar refractivity (Wildman–Crippen MR) is 83.7 cm³/mol. The van der Waals surface area contributed by atoms with Crippen molar-refractivity contribution in [3.05, 3.63) is 57.0 Å². The van der Waals surface area contributed by atoms with Crippen LogP contribution in [0.4, 0.5) is 4.39 Å². The first kappa shape index (κ1) is 15.4. The summed E-state index contributed by atoms with van der Waals surface area (Å²) >= 11 is 7.55. The van der Waals surface area contributed by atoms with Crippen molar-refractivity contribution in [2.45, 2.75) is 19.0 Å². The van der Waals surface area contributed by atoms with Gasteiger partial charge in [-0.05, 0) is 31.5 Å². The molecule has 0 aliphatic heterocycles. The molecule has 0 spiro atoms. The zero-order valence-electron chi connectivity index (χ0n) is 11.5. The summed E-state index contributed by atoms with van der Waals surface area (Å²) in [4.78, 5) is 3.31. The van der Waals surface area contributed by atoms with Crippen LogP contribution in [0.15, 0.2) is 35.7 Å². The minimum atomic E-state index is -0.380.